The number of pyridine rings is 1. The number of thioether (sulfide) groups is 1. The topological polar surface area (TPSA) is 28.2 Å². The van der Waals surface area contributed by atoms with Crippen molar-refractivity contribution in [1.29, 1.82) is 0 Å². The summed E-state index contributed by atoms with van der Waals surface area (Å²) in [6.07, 6.45) is 0. The van der Waals surface area contributed by atoms with E-state index >= 15 is 0 Å². The van der Waals surface area contributed by atoms with E-state index in [-0.39, 0.29) is 0 Å². The van der Waals surface area contributed by atoms with E-state index in [4.69, 9.17) is 0 Å². The molecule has 0 radical (unpaired) electrons. The first-order valence-corrected chi connectivity index (χ1v) is 8.56. The van der Waals surface area contributed by atoms with E-state index in [1.165, 1.54) is 22.8 Å². The van der Waals surface area contributed by atoms with Crippen molar-refractivity contribution in [1.82, 2.24) is 4.98 Å². The molecule has 0 spiro atoms. The van der Waals surface area contributed by atoms with Crippen LogP contribution in [0.3, 0.4) is 0 Å². The molecular formula is C17H21N3S. The third-order valence-corrected chi connectivity index (χ3v) is 4.62. The molecule has 0 atom stereocenters. The molecule has 1 aromatic carbocycles. The van der Waals surface area contributed by atoms with Crippen molar-refractivity contribution in [3.05, 3.63) is 53.7 Å². The van der Waals surface area contributed by atoms with Crippen LogP contribution in [0.25, 0.3) is 0 Å². The first-order valence-electron chi connectivity index (χ1n) is 7.40. The Bertz CT molecular complexity index is 577. The summed E-state index contributed by atoms with van der Waals surface area (Å²) < 4.78 is 0. The lowest BCUT2D eigenvalue weighted by Crippen LogP contribution is -2.32. The molecule has 2 aromatic rings. The Labute approximate surface area is 130 Å². The standard InChI is InChI=1S/C17H21N3S/c1-14-3-2-4-17(19-14)18-13-15-5-7-16(8-6-15)20-9-11-21-12-10-20/h2-8H,9-13H2,1H3,(H,18,19). The highest BCUT2D eigenvalue weighted by atomic mass is 32.2. The minimum absolute atomic E-state index is 0.812. The fourth-order valence-electron chi connectivity index (χ4n) is 2.48. The van der Waals surface area contributed by atoms with Gasteiger partial charge in [-0.05, 0) is 36.8 Å². The second kappa shape index (κ2) is 6.85. The lowest BCUT2D eigenvalue weighted by molar-refractivity contribution is 0.858. The molecule has 0 unspecified atom stereocenters. The Balaban J connectivity index is 1.59. The summed E-state index contributed by atoms with van der Waals surface area (Å²) in [5, 5.41) is 3.37. The van der Waals surface area contributed by atoms with Crippen molar-refractivity contribution in [2.75, 3.05) is 34.8 Å². The maximum atomic E-state index is 4.46. The van der Waals surface area contributed by atoms with Crippen LogP contribution < -0.4 is 10.2 Å². The van der Waals surface area contributed by atoms with Gasteiger partial charge >= 0.3 is 0 Å². The summed E-state index contributed by atoms with van der Waals surface area (Å²) >= 11 is 2.04. The van der Waals surface area contributed by atoms with Gasteiger partial charge in [0, 0.05) is 42.5 Å². The Morgan fingerprint density at radius 1 is 1.10 bits per heavy atom. The third kappa shape index (κ3) is 3.91. The molecule has 3 rings (SSSR count). The van der Waals surface area contributed by atoms with Crippen LogP contribution in [0.15, 0.2) is 42.5 Å². The Morgan fingerprint density at radius 3 is 2.57 bits per heavy atom. The Kier molecular flexibility index (Phi) is 4.65. The van der Waals surface area contributed by atoms with Crippen LogP contribution in [0.4, 0.5) is 11.5 Å². The van der Waals surface area contributed by atoms with Gasteiger partial charge in [0.25, 0.3) is 0 Å². The van der Waals surface area contributed by atoms with Crippen LogP contribution in [-0.4, -0.2) is 29.6 Å². The van der Waals surface area contributed by atoms with Gasteiger partial charge < -0.3 is 10.2 Å². The zero-order valence-corrected chi connectivity index (χ0v) is 13.2. The minimum Gasteiger partial charge on any atom is -0.370 e. The lowest BCUT2D eigenvalue weighted by Gasteiger charge is -2.28. The molecule has 2 heterocycles. The molecule has 3 nitrogen and oxygen atoms in total. The van der Waals surface area contributed by atoms with Gasteiger partial charge in [0.05, 0.1) is 0 Å². The number of aryl methyl sites for hydroxylation is 1. The quantitative estimate of drug-likeness (QED) is 0.934. The van der Waals surface area contributed by atoms with E-state index in [2.05, 4.69) is 39.5 Å². The molecule has 1 aliphatic rings. The number of benzene rings is 1. The van der Waals surface area contributed by atoms with E-state index in [1.807, 2.05) is 36.9 Å². The Morgan fingerprint density at radius 2 is 1.86 bits per heavy atom. The minimum atomic E-state index is 0.812. The molecule has 1 fully saturated rings. The zero-order chi connectivity index (χ0) is 14.5. The second-order valence-corrected chi connectivity index (χ2v) is 6.51. The first-order chi connectivity index (χ1) is 10.3. The fraction of sp³-hybridized carbons (Fsp3) is 0.353. The number of rotatable bonds is 4. The van der Waals surface area contributed by atoms with Gasteiger partial charge in [-0.3, -0.25) is 0 Å². The predicted octanol–water partition coefficient (Wildman–Crippen LogP) is 3.56. The van der Waals surface area contributed by atoms with Gasteiger partial charge in [-0.15, -0.1) is 0 Å². The lowest BCUT2D eigenvalue weighted by atomic mass is 10.2. The molecule has 0 amide bonds. The summed E-state index contributed by atoms with van der Waals surface area (Å²) in [6, 6.07) is 14.9. The molecule has 1 aliphatic heterocycles. The normalized spacial score (nSPS) is 15.0. The fourth-order valence-corrected chi connectivity index (χ4v) is 3.38. The predicted molar refractivity (Wildman–Crippen MR) is 92.3 cm³/mol. The van der Waals surface area contributed by atoms with E-state index < -0.39 is 0 Å². The summed E-state index contributed by atoms with van der Waals surface area (Å²) in [7, 11) is 0. The van der Waals surface area contributed by atoms with Crippen molar-refractivity contribution >= 4 is 23.3 Å². The maximum Gasteiger partial charge on any atom is 0.126 e. The summed E-state index contributed by atoms with van der Waals surface area (Å²) in [5.41, 5.74) is 3.67. The zero-order valence-electron chi connectivity index (χ0n) is 12.4. The molecule has 0 aliphatic carbocycles. The number of aromatic nitrogens is 1. The van der Waals surface area contributed by atoms with Gasteiger partial charge in [0.1, 0.15) is 5.82 Å². The number of anilines is 2. The van der Waals surface area contributed by atoms with Crippen molar-refractivity contribution in [3.8, 4) is 0 Å². The molecule has 21 heavy (non-hydrogen) atoms. The molecule has 4 heteroatoms. The number of hydrogen-bond acceptors (Lipinski definition) is 4. The van der Waals surface area contributed by atoms with Crippen LogP contribution in [0.1, 0.15) is 11.3 Å². The highest BCUT2D eigenvalue weighted by Crippen LogP contribution is 2.20. The van der Waals surface area contributed by atoms with Crippen LogP contribution in [0.5, 0.6) is 0 Å². The van der Waals surface area contributed by atoms with E-state index in [9.17, 15) is 0 Å². The summed E-state index contributed by atoms with van der Waals surface area (Å²) in [6.45, 7) is 5.15. The summed E-state index contributed by atoms with van der Waals surface area (Å²) in [4.78, 5) is 6.93. The largest absolute Gasteiger partial charge is 0.370 e. The van der Waals surface area contributed by atoms with Gasteiger partial charge in [-0.25, -0.2) is 4.98 Å². The number of nitrogens with zero attached hydrogens (tertiary/aromatic N) is 2. The number of hydrogen-bond donors (Lipinski definition) is 1. The van der Waals surface area contributed by atoms with Gasteiger partial charge in [0.15, 0.2) is 0 Å². The van der Waals surface area contributed by atoms with Crippen LogP contribution >= 0.6 is 11.8 Å². The SMILES string of the molecule is Cc1cccc(NCc2ccc(N3CCSCC3)cc2)n1. The maximum absolute atomic E-state index is 4.46. The monoisotopic (exact) mass is 299 g/mol. The van der Waals surface area contributed by atoms with Crippen LogP contribution in [0, 0.1) is 6.92 Å². The van der Waals surface area contributed by atoms with Gasteiger partial charge in [0.2, 0.25) is 0 Å². The Hall–Kier alpha value is -1.68. The average molecular weight is 299 g/mol. The highest BCUT2D eigenvalue weighted by molar-refractivity contribution is 7.99. The molecule has 0 saturated carbocycles. The van der Waals surface area contributed by atoms with Gasteiger partial charge in [-0.2, -0.15) is 11.8 Å². The van der Waals surface area contributed by atoms with E-state index in [0.29, 0.717) is 0 Å². The van der Waals surface area contributed by atoms with Crippen molar-refractivity contribution < 1.29 is 0 Å². The first kappa shape index (κ1) is 14.3. The molecular weight excluding hydrogens is 278 g/mol. The molecule has 1 N–H and O–H groups in total. The van der Waals surface area contributed by atoms with E-state index in [1.54, 1.807) is 0 Å². The molecule has 1 aromatic heterocycles. The summed E-state index contributed by atoms with van der Waals surface area (Å²) in [5.74, 6) is 3.41. The van der Waals surface area contributed by atoms with Crippen molar-refractivity contribution in [2.45, 2.75) is 13.5 Å². The highest BCUT2D eigenvalue weighted by Gasteiger charge is 2.10. The van der Waals surface area contributed by atoms with Crippen molar-refractivity contribution in [3.63, 3.8) is 0 Å². The molecule has 0 bridgehead atoms. The average Bonchev–Trinajstić information content (AvgIpc) is 2.54. The molecule has 110 valence electrons. The van der Waals surface area contributed by atoms with Gasteiger partial charge in [-0.1, -0.05) is 18.2 Å². The third-order valence-electron chi connectivity index (χ3n) is 3.67. The van der Waals surface area contributed by atoms with E-state index in [0.717, 1.165) is 31.1 Å². The van der Waals surface area contributed by atoms with Crippen LogP contribution in [0.2, 0.25) is 0 Å². The van der Waals surface area contributed by atoms with Crippen LogP contribution in [-0.2, 0) is 6.54 Å². The van der Waals surface area contributed by atoms with Crippen molar-refractivity contribution in [2.24, 2.45) is 0 Å². The number of nitrogens with one attached hydrogen (secondary N) is 1. The smallest absolute Gasteiger partial charge is 0.126 e. The second-order valence-electron chi connectivity index (χ2n) is 5.28. The molecule has 1 saturated heterocycles.